The first kappa shape index (κ1) is 22.1. The third kappa shape index (κ3) is 6.41. The van der Waals surface area contributed by atoms with Crippen molar-refractivity contribution in [3.05, 3.63) is 53.6 Å². The summed E-state index contributed by atoms with van der Waals surface area (Å²) in [5.74, 6) is 0.750. The molecule has 0 aromatic heterocycles. The molecule has 0 aliphatic carbocycles. The minimum atomic E-state index is -0.610. The fourth-order valence-electron chi connectivity index (χ4n) is 2.65. The number of carbonyl (C=O) groups excluding carboxylic acids is 2. The second-order valence-electron chi connectivity index (χ2n) is 6.17. The van der Waals surface area contributed by atoms with Gasteiger partial charge in [-0.3, -0.25) is 4.79 Å². The van der Waals surface area contributed by atoms with E-state index in [4.69, 9.17) is 18.9 Å². The molecule has 7 nitrogen and oxygen atoms in total. The Kier molecular flexibility index (Phi) is 8.33. The van der Waals surface area contributed by atoms with Crippen molar-refractivity contribution in [1.82, 2.24) is 5.32 Å². The van der Waals surface area contributed by atoms with Gasteiger partial charge in [-0.1, -0.05) is 12.1 Å². The second kappa shape index (κ2) is 10.9. The van der Waals surface area contributed by atoms with E-state index in [1.54, 1.807) is 25.3 Å². The van der Waals surface area contributed by atoms with Crippen molar-refractivity contribution in [3.8, 4) is 17.2 Å². The van der Waals surface area contributed by atoms with Gasteiger partial charge in [0.15, 0.2) is 18.1 Å². The van der Waals surface area contributed by atoms with Crippen LogP contribution in [0.15, 0.2) is 42.5 Å². The van der Waals surface area contributed by atoms with Gasteiger partial charge in [0.05, 0.1) is 31.9 Å². The zero-order valence-electron chi connectivity index (χ0n) is 17.2. The molecular weight excluding hydrogens is 374 g/mol. The van der Waals surface area contributed by atoms with E-state index in [1.165, 1.54) is 0 Å². The highest BCUT2D eigenvalue weighted by atomic mass is 16.5. The number of esters is 1. The van der Waals surface area contributed by atoms with Gasteiger partial charge < -0.3 is 24.3 Å². The summed E-state index contributed by atoms with van der Waals surface area (Å²) in [5.41, 5.74) is 1.20. The molecule has 0 aliphatic heterocycles. The number of carbonyl (C=O) groups is 2. The maximum absolute atomic E-state index is 12.3. The Bertz CT molecular complexity index is 819. The lowest BCUT2D eigenvalue weighted by atomic mass is 10.1. The molecule has 7 heteroatoms. The van der Waals surface area contributed by atoms with Crippen LogP contribution in [-0.4, -0.2) is 38.8 Å². The lowest BCUT2D eigenvalue weighted by molar-refractivity contribution is -0.124. The molecule has 1 amide bonds. The molecule has 0 heterocycles. The van der Waals surface area contributed by atoms with Gasteiger partial charge in [0, 0.05) is 0 Å². The maximum atomic E-state index is 12.3. The van der Waals surface area contributed by atoms with Gasteiger partial charge in [-0.2, -0.15) is 0 Å². The van der Waals surface area contributed by atoms with Crippen LogP contribution in [0.3, 0.4) is 0 Å². The van der Waals surface area contributed by atoms with E-state index >= 15 is 0 Å². The quantitative estimate of drug-likeness (QED) is 0.613. The minimum Gasteiger partial charge on any atom is -0.497 e. The number of nitrogens with one attached hydrogen (secondary N) is 1. The summed E-state index contributed by atoms with van der Waals surface area (Å²) in [7, 11) is 1.59. The van der Waals surface area contributed by atoms with Crippen LogP contribution in [0.5, 0.6) is 17.2 Å². The lowest BCUT2D eigenvalue weighted by Crippen LogP contribution is -2.31. The van der Waals surface area contributed by atoms with Crippen molar-refractivity contribution in [2.75, 3.05) is 26.9 Å². The molecule has 1 atom stereocenters. The van der Waals surface area contributed by atoms with Crippen LogP contribution in [0, 0.1) is 0 Å². The van der Waals surface area contributed by atoms with Crippen molar-refractivity contribution in [1.29, 1.82) is 0 Å². The van der Waals surface area contributed by atoms with E-state index in [0.29, 0.717) is 24.7 Å². The third-order valence-corrected chi connectivity index (χ3v) is 4.11. The average Bonchev–Trinajstić information content (AvgIpc) is 2.73. The summed E-state index contributed by atoms with van der Waals surface area (Å²) in [4.78, 5) is 24.4. The van der Waals surface area contributed by atoms with E-state index in [2.05, 4.69) is 5.32 Å². The van der Waals surface area contributed by atoms with Crippen LogP contribution < -0.4 is 19.5 Å². The van der Waals surface area contributed by atoms with Crippen molar-refractivity contribution in [2.24, 2.45) is 0 Å². The summed E-state index contributed by atoms with van der Waals surface area (Å²) in [6, 6.07) is 11.9. The highest BCUT2D eigenvalue weighted by Crippen LogP contribution is 2.28. The van der Waals surface area contributed by atoms with Crippen molar-refractivity contribution >= 4 is 11.9 Å². The largest absolute Gasteiger partial charge is 0.497 e. The summed E-state index contributed by atoms with van der Waals surface area (Å²) >= 11 is 0. The van der Waals surface area contributed by atoms with E-state index < -0.39 is 11.9 Å². The molecule has 0 spiro atoms. The summed E-state index contributed by atoms with van der Waals surface area (Å²) in [5, 5.41) is 2.80. The van der Waals surface area contributed by atoms with E-state index in [1.807, 2.05) is 45.0 Å². The number of amides is 1. The number of ether oxygens (including phenoxy) is 4. The molecule has 1 N–H and O–H groups in total. The maximum Gasteiger partial charge on any atom is 0.338 e. The Hall–Kier alpha value is -3.22. The minimum absolute atomic E-state index is 0.234. The highest BCUT2D eigenvalue weighted by Gasteiger charge is 2.15. The fourth-order valence-corrected chi connectivity index (χ4v) is 2.65. The van der Waals surface area contributed by atoms with Gasteiger partial charge in [-0.25, -0.2) is 4.79 Å². The number of hydrogen-bond acceptors (Lipinski definition) is 6. The first-order valence-corrected chi connectivity index (χ1v) is 9.48. The summed E-state index contributed by atoms with van der Waals surface area (Å²) in [6.45, 7) is 6.10. The Morgan fingerprint density at radius 3 is 2.24 bits per heavy atom. The van der Waals surface area contributed by atoms with Gasteiger partial charge in [0.1, 0.15) is 5.75 Å². The van der Waals surface area contributed by atoms with Crippen LogP contribution in [0.4, 0.5) is 0 Å². The molecule has 2 aromatic carbocycles. The van der Waals surface area contributed by atoms with Gasteiger partial charge in [0.25, 0.3) is 5.91 Å². The molecule has 156 valence electrons. The number of benzene rings is 2. The molecule has 0 bridgehead atoms. The highest BCUT2D eigenvalue weighted by molar-refractivity contribution is 5.92. The van der Waals surface area contributed by atoms with Crippen LogP contribution in [0.25, 0.3) is 0 Å². The van der Waals surface area contributed by atoms with E-state index in [9.17, 15) is 9.59 Å². The topological polar surface area (TPSA) is 83.1 Å². The fraction of sp³-hybridized carbons (Fsp3) is 0.364. The Balaban J connectivity index is 1.91. The summed E-state index contributed by atoms with van der Waals surface area (Å²) in [6.07, 6.45) is 0. The van der Waals surface area contributed by atoms with Gasteiger partial charge in [-0.05, 0) is 56.7 Å². The number of rotatable bonds is 10. The molecule has 0 fully saturated rings. The lowest BCUT2D eigenvalue weighted by Gasteiger charge is -2.15. The number of methoxy groups -OCH3 is 1. The SMILES string of the molecule is CCOc1ccc(C(=O)OCC(=O)N[C@@H](C)c2ccc(OC)cc2)cc1OCC. The summed E-state index contributed by atoms with van der Waals surface area (Å²) < 4.78 is 21.2. The predicted octanol–water partition coefficient (Wildman–Crippen LogP) is 3.53. The molecule has 2 rings (SSSR count). The Morgan fingerprint density at radius 2 is 1.62 bits per heavy atom. The van der Waals surface area contributed by atoms with Crippen LogP contribution in [0.2, 0.25) is 0 Å². The van der Waals surface area contributed by atoms with Crippen LogP contribution in [0.1, 0.15) is 42.7 Å². The second-order valence-corrected chi connectivity index (χ2v) is 6.17. The predicted molar refractivity (Wildman–Crippen MR) is 109 cm³/mol. The molecule has 0 unspecified atom stereocenters. The van der Waals surface area contributed by atoms with Crippen LogP contribution in [-0.2, 0) is 9.53 Å². The Morgan fingerprint density at radius 1 is 0.966 bits per heavy atom. The normalized spacial score (nSPS) is 11.3. The molecule has 0 radical (unpaired) electrons. The third-order valence-electron chi connectivity index (χ3n) is 4.11. The first-order chi connectivity index (χ1) is 14.0. The van der Waals surface area contributed by atoms with Crippen LogP contribution >= 0.6 is 0 Å². The molecule has 29 heavy (non-hydrogen) atoms. The molecule has 2 aromatic rings. The smallest absolute Gasteiger partial charge is 0.338 e. The molecule has 0 aliphatic rings. The van der Waals surface area contributed by atoms with Gasteiger partial charge >= 0.3 is 5.97 Å². The zero-order valence-corrected chi connectivity index (χ0v) is 17.2. The van der Waals surface area contributed by atoms with Crippen molar-refractivity contribution < 1.29 is 28.5 Å². The Labute approximate surface area is 170 Å². The van der Waals surface area contributed by atoms with E-state index in [0.717, 1.165) is 11.3 Å². The molecular formula is C22H27NO6. The number of hydrogen-bond donors (Lipinski definition) is 1. The zero-order chi connectivity index (χ0) is 21.2. The molecule has 0 saturated carbocycles. The van der Waals surface area contributed by atoms with E-state index in [-0.39, 0.29) is 18.2 Å². The monoisotopic (exact) mass is 401 g/mol. The van der Waals surface area contributed by atoms with Gasteiger partial charge in [-0.15, -0.1) is 0 Å². The standard InChI is InChI=1S/C22H27NO6/c1-5-27-19-12-9-17(13-20(19)28-6-2)22(25)29-14-21(24)23-15(3)16-7-10-18(26-4)11-8-16/h7-13,15H,5-6,14H2,1-4H3,(H,23,24)/t15-/m0/s1. The van der Waals surface area contributed by atoms with Gasteiger partial charge in [0.2, 0.25) is 0 Å². The van der Waals surface area contributed by atoms with Crippen molar-refractivity contribution in [2.45, 2.75) is 26.8 Å². The molecule has 0 saturated heterocycles. The van der Waals surface area contributed by atoms with Crippen molar-refractivity contribution in [3.63, 3.8) is 0 Å². The average molecular weight is 401 g/mol. The first-order valence-electron chi connectivity index (χ1n) is 9.48.